The van der Waals surface area contributed by atoms with Crippen molar-refractivity contribution in [1.82, 2.24) is 15.2 Å². The molecular weight excluding hydrogens is 392 g/mol. The Balaban J connectivity index is 1.92. The van der Waals surface area contributed by atoms with Crippen LogP contribution in [0.25, 0.3) is 0 Å². The molecule has 0 aromatic carbocycles. The van der Waals surface area contributed by atoms with Gasteiger partial charge in [-0.3, -0.25) is 14.4 Å². The number of hydrogen-bond acceptors (Lipinski definition) is 6. The van der Waals surface area contributed by atoms with Crippen molar-refractivity contribution in [2.24, 2.45) is 11.8 Å². The zero-order chi connectivity index (χ0) is 21.4. The van der Waals surface area contributed by atoms with Crippen LogP contribution in [0.15, 0.2) is 28.2 Å². The van der Waals surface area contributed by atoms with E-state index in [-0.39, 0.29) is 42.4 Å². The number of rotatable bonds is 10. The molecule has 0 unspecified atom stereocenters. The second kappa shape index (κ2) is 10.8. The average molecular weight is 421 g/mol. The largest absolute Gasteiger partial charge is 0.459 e. The molecule has 0 fully saturated rings. The van der Waals surface area contributed by atoms with Crippen LogP contribution in [0.2, 0.25) is 0 Å². The zero-order valence-electron chi connectivity index (χ0n) is 17.2. The van der Waals surface area contributed by atoms with Crippen LogP contribution in [0.1, 0.15) is 43.9 Å². The molecule has 0 saturated heterocycles. The number of aromatic nitrogens is 1. The molecular formula is C20H28N4O4S. The molecule has 0 bridgehead atoms. The fourth-order valence-corrected chi connectivity index (χ4v) is 3.27. The van der Waals surface area contributed by atoms with E-state index in [2.05, 4.69) is 15.6 Å². The molecule has 2 heterocycles. The monoisotopic (exact) mass is 420 g/mol. The molecule has 2 aromatic rings. The summed E-state index contributed by atoms with van der Waals surface area (Å²) in [5.74, 6) is -0.0212. The van der Waals surface area contributed by atoms with E-state index in [1.165, 1.54) is 22.5 Å². The summed E-state index contributed by atoms with van der Waals surface area (Å²) in [6.45, 7) is 8.91. The molecule has 2 N–H and O–H groups in total. The molecule has 2 aromatic heterocycles. The van der Waals surface area contributed by atoms with E-state index in [1.54, 1.807) is 17.5 Å². The normalized spacial score (nSPS) is 11.0. The van der Waals surface area contributed by atoms with Crippen molar-refractivity contribution < 1.29 is 18.8 Å². The van der Waals surface area contributed by atoms with Crippen molar-refractivity contribution in [2.75, 3.05) is 25.0 Å². The first-order valence-electron chi connectivity index (χ1n) is 9.58. The molecule has 2 rings (SSSR count). The van der Waals surface area contributed by atoms with Gasteiger partial charge in [0.15, 0.2) is 10.9 Å². The van der Waals surface area contributed by atoms with Crippen LogP contribution in [0, 0.1) is 11.8 Å². The molecule has 158 valence electrons. The fraction of sp³-hybridized carbons (Fsp3) is 0.500. The third kappa shape index (κ3) is 7.69. The van der Waals surface area contributed by atoms with E-state index in [1.807, 2.05) is 27.7 Å². The molecule has 0 aliphatic heterocycles. The average Bonchev–Trinajstić information content (AvgIpc) is 3.30. The van der Waals surface area contributed by atoms with E-state index >= 15 is 0 Å². The van der Waals surface area contributed by atoms with Gasteiger partial charge in [-0.2, -0.15) is 0 Å². The number of carbonyl (C=O) groups is 3. The van der Waals surface area contributed by atoms with Gasteiger partial charge in [-0.05, 0) is 24.0 Å². The Morgan fingerprint density at radius 3 is 2.55 bits per heavy atom. The predicted molar refractivity (Wildman–Crippen MR) is 112 cm³/mol. The highest BCUT2D eigenvalue weighted by molar-refractivity contribution is 7.13. The Bertz CT molecular complexity index is 814. The highest BCUT2D eigenvalue weighted by atomic mass is 32.1. The maximum Gasteiger partial charge on any atom is 0.290 e. The number of furan rings is 1. The predicted octanol–water partition coefficient (Wildman–Crippen LogP) is 2.79. The van der Waals surface area contributed by atoms with E-state index in [4.69, 9.17) is 4.42 Å². The molecule has 0 aliphatic carbocycles. The molecule has 9 heteroatoms. The third-order valence-electron chi connectivity index (χ3n) is 3.79. The Kier molecular flexibility index (Phi) is 8.38. The summed E-state index contributed by atoms with van der Waals surface area (Å²) in [6, 6.07) is 3.21. The third-order valence-corrected chi connectivity index (χ3v) is 4.59. The van der Waals surface area contributed by atoms with Crippen LogP contribution >= 0.6 is 11.3 Å². The van der Waals surface area contributed by atoms with Gasteiger partial charge in [0.1, 0.15) is 6.54 Å². The van der Waals surface area contributed by atoms with Crippen LogP contribution in [-0.4, -0.2) is 47.2 Å². The molecule has 0 saturated carbocycles. The Morgan fingerprint density at radius 1 is 1.17 bits per heavy atom. The lowest BCUT2D eigenvalue weighted by Crippen LogP contribution is -2.40. The molecule has 0 atom stereocenters. The number of nitrogens with zero attached hydrogens (tertiary/aromatic N) is 2. The maximum atomic E-state index is 12.6. The Morgan fingerprint density at radius 2 is 1.93 bits per heavy atom. The molecule has 0 spiro atoms. The maximum absolute atomic E-state index is 12.6. The lowest BCUT2D eigenvalue weighted by molar-refractivity contribution is -0.120. The summed E-state index contributed by atoms with van der Waals surface area (Å²) in [6.07, 6.45) is 1.59. The summed E-state index contributed by atoms with van der Waals surface area (Å²) in [4.78, 5) is 42.6. The van der Waals surface area contributed by atoms with Gasteiger partial charge < -0.3 is 20.0 Å². The summed E-state index contributed by atoms with van der Waals surface area (Å²) in [5.41, 5.74) is 0.595. The highest BCUT2D eigenvalue weighted by Crippen LogP contribution is 2.16. The van der Waals surface area contributed by atoms with E-state index in [0.717, 1.165) is 0 Å². The summed E-state index contributed by atoms with van der Waals surface area (Å²) in [7, 11) is 0. The van der Waals surface area contributed by atoms with Crippen molar-refractivity contribution in [2.45, 2.75) is 34.1 Å². The van der Waals surface area contributed by atoms with Crippen LogP contribution < -0.4 is 10.6 Å². The van der Waals surface area contributed by atoms with Crippen LogP contribution in [-0.2, 0) is 16.0 Å². The molecule has 3 amide bonds. The van der Waals surface area contributed by atoms with Gasteiger partial charge in [0.25, 0.3) is 5.91 Å². The number of amides is 3. The van der Waals surface area contributed by atoms with Gasteiger partial charge in [-0.15, -0.1) is 11.3 Å². The summed E-state index contributed by atoms with van der Waals surface area (Å²) >= 11 is 1.25. The Labute approximate surface area is 174 Å². The summed E-state index contributed by atoms with van der Waals surface area (Å²) < 4.78 is 5.16. The first-order chi connectivity index (χ1) is 13.7. The topological polar surface area (TPSA) is 105 Å². The minimum atomic E-state index is -0.351. The van der Waals surface area contributed by atoms with Crippen molar-refractivity contribution in [3.8, 4) is 0 Å². The van der Waals surface area contributed by atoms with E-state index in [9.17, 15) is 14.4 Å². The van der Waals surface area contributed by atoms with Crippen LogP contribution in [0.4, 0.5) is 5.13 Å². The SMILES string of the molecule is CC(C)CNC(=O)Cc1csc(NC(=O)CN(CC(C)C)C(=O)c2ccco2)n1. The summed E-state index contributed by atoms with van der Waals surface area (Å²) in [5, 5.41) is 7.68. The van der Waals surface area contributed by atoms with Gasteiger partial charge >= 0.3 is 0 Å². The van der Waals surface area contributed by atoms with Crippen molar-refractivity contribution in [3.63, 3.8) is 0 Å². The lowest BCUT2D eigenvalue weighted by atomic mass is 10.2. The van der Waals surface area contributed by atoms with E-state index < -0.39 is 0 Å². The number of anilines is 1. The molecule has 8 nitrogen and oxygen atoms in total. The minimum Gasteiger partial charge on any atom is -0.459 e. The van der Waals surface area contributed by atoms with Gasteiger partial charge in [-0.1, -0.05) is 27.7 Å². The quantitative estimate of drug-likeness (QED) is 0.615. The van der Waals surface area contributed by atoms with Crippen molar-refractivity contribution >= 4 is 34.2 Å². The molecule has 0 radical (unpaired) electrons. The standard InChI is InChI=1S/C20H28N4O4S/c1-13(2)9-21-17(25)8-15-12-29-20(22-15)23-18(26)11-24(10-14(3)4)19(27)16-6-5-7-28-16/h5-7,12-14H,8-11H2,1-4H3,(H,21,25)(H,22,23,26). The van der Waals surface area contributed by atoms with Gasteiger partial charge in [-0.25, -0.2) is 4.98 Å². The van der Waals surface area contributed by atoms with E-state index in [0.29, 0.717) is 29.8 Å². The second-order valence-electron chi connectivity index (χ2n) is 7.62. The first kappa shape index (κ1) is 22.6. The number of nitrogens with one attached hydrogen (secondary N) is 2. The highest BCUT2D eigenvalue weighted by Gasteiger charge is 2.22. The van der Waals surface area contributed by atoms with Gasteiger partial charge in [0.2, 0.25) is 11.8 Å². The van der Waals surface area contributed by atoms with Crippen LogP contribution in [0.5, 0.6) is 0 Å². The number of thiazole rings is 1. The first-order valence-corrected chi connectivity index (χ1v) is 10.5. The zero-order valence-corrected chi connectivity index (χ0v) is 18.0. The molecule has 0 aliphatic rings. The minimum absolute atomic E-state index is 0.103. The fourth-order valence-electron chi connectivity index (χ4n) is 2.54. The number of carbonyl (C=O) groups excluding carboxylic acids is 3. The number of hydrogen-bond donors (Lipinski definition) is 2. The lowest BCUT2D eigenvalue weighted by Gasteiger charge is -2.22. The molecule has 29 heavy (non-hydrogen) atoms. The van der Waals surface area contributed by atoms with Crippen LogP contribution in [0.3, 0.4) is 0 Å². The second-order valence-corrected chi connectivity index (χ2v) is 8.48. The van der Waals surface area contributed by atoms with Crippen molar-refractivity contribution in [3.05, 3.63) is 35.2 Å². The van der Waals surface area contributed by atoms with Crippen molar-refractivity contribution in [1.29, 1.82) is 0 Å². The van der Waals surface area contributed by atoms with Gasteiger partial charge in [0, 0.05) is 18.5 Å². The smallest absolute Gasteiger partial charge is 0.290 e. The Hall–Kier alpha value is -2.68. The van der Waals surface area contributed by atoms with Gasteiger partial charge in [0.05, 0.1) is 18.4 Å².